The first kappa shape index (κ1) is 14.0. The highest BCUT2D eigenvalue weighted by molar-refractivity contribution is 5.76. The molecule has 0 spiro atoms. The maximum Gasteiger partial charge on any atom is 0.304 e. The second-order valence-corrected chi connectivity index (χ2v) is 4.64. The zero-order chi connectivity index (χ0) is 14.5. The normalized spacial score (nSPS) is 10.8. The summed E-state index contributed by atoms with van der Waals surface area (Å²) in [7, 11) is 1.85. The predicted molar refractivity (Wildman–Crippen MR) is 73.9 cm³/mol. The van der Waals surface area contributed by atoms with Gasteiger partial charge in [0, 0.05) is 6.54 Å². The number of hydrogen-bond acceptors (Lipinski definition) is 4. The molecule has 0 aliphatic rings. The lowest BCUT2D eigenvalue weighted by atomic mass is 10.3. The minimum atomic E-state index is -0.817. The third-order valence-electron chi connectivity index (χ3n) is 3.08. The van der Waals surface area contributed by atoms with Crippen molar-refractivity contribution < 1.29 is 9.90 Å². The molecule has 1 aromatic carbocycles. The van der Waals surface area contributed by atoms with Crippen molar-refractivity contribution in [3.63, 3.8) is 0 Å². The monoisotopic (exact) mass is 272 g/mol. The van der Waals surface area contributed by atoms with E-state index in [1.54, 1.807) is 0 Å². The molecule has 1 N–H and O–H groups in total. The minimum Gasteiger partial charge on any atom is -0.481 e. The molecule has 2 aromatic rings. The summed E-state index contributed by atoms with van der Waals surface area (Å²) >= 11 is 0. The van der Waals surface area contributed by atoms with Crippen LogP contribution in [0.2, 0.25) is 0 Å². The maximum absolute atomic E-state index is 10.6. The van der Waals surface area contributed by atoms with Crippen LogP contribution in [0.15, 0.2) is 24.3 Å². The number of fused-ring (bicyclic) bond motifs is 1. The quantitative estimate of drug-likeness (QED) is 0.861. The molecule has 0 saturated carbocycles. The SMILES string of the molecule is CN(CCC(=O)O)Cc1nc2ccccc2n1CC#N. The number of hydrogen-bond donors (Lipinski definition) is 1. The van der Waals surface area contributed by atoms with Crippen LogP contribution >= 0.6 is 0 Å². The molecule has 1 aromatic heterocycles. The van der Waals surface area contributed by atoms with Gasteiger partial charge in [-0.25, -0.2) is 4.98 Å². The summed E-state index contributed by atoms with van der Waals surface area (Å²) in [6.45, 7) is 1.21. The molecular formula is C14H16N4O2. The molecule has 0 unspecified atom stereocenters. The lowest BCUT2D eigenvalue weighted by Gasteiger charge is -2.15. The Morgan fingerprint density at radius 3 is 2.95 bits per heavy atom. The summed E-state index contributed by atoms with van der Waals surface area (Å²) in [4.78, 5) is 17.0. The molecule has 0 aliphatic heterocycles. The molecule has 0 bridgehead atoms. The van der Waals surface area contributed by atoms with Crippen molar-refractivity contribution in [2.24, 2.45) is 0 Å². The van der Waals surface area contributed by atoms with Gasteiger partial charge in [-0.1, -0.05) is 12.1 Å². The number of aliphatic carboxylic acids is 1. The van der Waals surface area contributed by atoms with Gasteiger partial charge >= 0.3 is 5.97 Å². The summed E-state index contributed by atoms with van der Waals surface area (Å²) in [6.07, 6.45) is 0.0922. The number of aromatic nitrogens is 2. The van der Waals surface area contributed by atoms with E-state index in [0.717, 1.165) is 16.9 Å². The molecule has 6 heteroatoms. The van der Waals surface area contributed by atoms with Gasteiger partial charge < -0.3 is 9.67 Å². The van der Waals surface area contributed by atoms with Gasteiger partial charge in [-0.2, -0.15) is 5.26 Å². The molecule has 0 fully saturated rings. The largest absolute Gasteiger partial charge is 0.481 e. The first-order valence-electron chi connectivity index (χ1n) is 6.33. The lowest BCUT2D eigenvalue weighted by Crippen LogP contribution is -2.23. The van der Waals surface area contributed by atoms with E-state index in [1.165, 1.54) is 0 Å². The Balaban J connectivity index is 2.22. The fourth-order valence-corrected chi connectivity index (χ4v) is 2.10. The van der Waals surface area contributed by atoms with E-state index < -0.39 is 5.97 Å². The second-order valence-electron chi connectivity index (χ2n) is 4.64. The van der Waals surface area contributed by atoms with Crippen molar-refractivity contribution >= 4 is 17.0 Å². The molecule has 0 radical (unpaired) electrons. The number of nitriles is 1. The topological polar surface area (TPSA) is 82.2 Å². The van der Waals surface area contributed by atoms with Crippen LogP contribution in [0.25, 0.3) is 11.0 Å². The van der Waals surface area contributed by atoms with Gasteiger partial charge in [-0.05, 0) is 19.2 Å². The highest BCUT2D eigenvalue weighted by Gasteiger charge is 2.12. The molecule has 0 amide bonds. The minimum absolute atomic E-state index is 0.0922. The fourth-order valence-electron chi connectivity index (χ4n) is 2.10. The van der Waals surface area contributed by atoms with E-state index >= 15 is 0 Å². The van der Waals surface area contributed by atoms with Crippen molar-refractivity contribution in [2.75, 3.05) is 13.6 Å². The van der Waals surface area contributed by atoms with E-state index in [0.29, 0.717) is 13.1 Å². The molecule has 0 saturated heterocycles. The molecule has 6 nitrogen and oxygen atoms in total. The van der Waals surface area contributed by atoms with Crippen molar-refractivity contribution in [3.05, 3.63) is 30.1 Å². The molecular weight excluding hydrogens is 256 g/mol. The van der Waals surface area contributed by atoms with Gasteiger partial charge in [0.15, 0.2) is 0 Å². The first-order chi connectivity index (χ1) is 9.61. The first-order valence-corrected chi connectivity index (χ1v) is 6.33. The van der Waals surface area contributed by atoms with Crippen LogP contribution in [0.3, 0.4) is 0 Å². The number of carboxylic acid groups (broad SMARTS) is 1. The Kier molecular flexibility index (Phi) is 4.33. The summed E-state index contributed by atoms with van der Waals surface area (Å²) < 4.78 is 1.87. The highest BCUT2D eigenvalue weighted by atomic mass is 16.4. The van der Waals surface area contributed by atoms with Crippen LogP contribution in [0, 0.1) is 11.3 Å². The molecule has 0 atom stereocenters. The number of rotatable bonds is 6. The van der Waals surface area contributed by atoms with Crippen LogP contribution in [-0.4, -0.2) is 39.1 Å². The highest BCUT2D eigenvalue weighted by Crippen LogP contribution is 2.16. The van der Waals surface area contributed by atoms with E-state index in [-0.39, 0.29) is 13.0 Å². The summed E-state index contributed by atoms with van der Waals surface area (Å²) in [6, 6.07) is 9.79. The standard InChI is InChI=1S/C14H16N4O2/c1-17(8-6-14(19)20)10-13-16-11-4-2-3-5-12(11)18(13)9-7-15/h2-5H,6,8-10H2,1H3,(H,19,20). The Morgan fingerprint density at radius 1 is 1.50 bits per heavy atom. The number of carboxylic acids is 1. The van der Waals surface area contributed by atoms with Crippen LogP contribution in [0.5, 0.6) is 0 Å². The summed E-state index contributed by atoms with van der Waals surface area (Å²) in [5.74, 6) is -0.0389. The third-order valence-corrected chi connectivity index (χ3v) is 3.08. The van der Waals surface area contributed by atoms with Gasteiger partial charge in [0.2, 0.25) is 0 Å². The number of imidazole rings is 1. The van der Waals surface area contributed by atoms with Crippen molar-refractivity contribution in [1.29, 1.82) is 5.26 Å². The Hall–Kier alpha value is -2.39. The number of para-hydroxylation sites is 2. The lowest BCUT2D eigenvalue weighted by molar-refractivity contribution is -0.137. The van der Waals surface area contributed by atoms with Crippen molar-refractivity contribution in [2.45, 2.75) is 19.5 Å². The second kappa shape index (κ2) is 6.17. The van der Waals surface area contributed by atoms with Gasteiger partial charge in [0.05, 0.1) is 30.1 Å². The molecule has 0 aliphatic carbocycles. The Morgan fingerprint density at radius 2 is 2.25 bits per heavy atom. The average molecular weight is 272 g/mol. The molecule has 1 heterocycles. The Bertz CT molecular complexity index is 657. The Labute approximate surface area is 116 Å². The van der Waals surface area contributed by atoms with Gasteiger partial charge in [-0.3, -0.25) is 9.69 Å². The summed E-state index contributed by atoms with van der Waals surface area (Å²) in [5, 5.41) is 17.6. The zero-order valence-corrected chi connectivity index (χ0v) is 11.3. The van der Waals surface area contributed by atoms with Crippen LogP contribution in [0.4, 0.5) is 0 Å². The number of nitrogens with zero attached hydrogens (tertiary/aromatic N) is 4. The van der Waals surface area contributed by atoms with Gasteiger partial charge in [0.1, 0.15) is 12.4 Å². The van der Waals surface area contributed by atoms with Crippen molar-refractivity contribution in [3.8, 4) is 6.07 Å². The van der Waals surface area contributed by atoms with Crippen LogP contribution in [-0.2, 0) is 17.9 Å². The third kappa shape index (κ3) is 3.13. The average Bonchev–Trinajstić information content (AvgIpc) is 2.75. The van der Waals surface area contributed by atoms with E-state index in [1.807, 2.05) is 40.8 Å². The van der Waals surface area contributed by atoms with Crippen LogP contribution in [0.1, 0.15) is 12.2 Å². The number of benzene rings is 1. The fraction of sp³-hybridized carbons (Fsp3) is 0.357. The van der Waals surface area contributed by atoms with Crippen molar-refractivity contribution in [1.82, 2.24) is 14.5 Å². The van der Waals surface area contributed by atoms with E-state index in [2.05, 4.69) is 11.1 Å². The van der Waals surface area contributed by atoms with Gasteiger partial charge in [0.25, 0.3) is 0 Å². The maximum atomic E-state index is 10.6. The molecule has 20 heavy (non-hydrogen) atoms. The summed E-state index contributed by atoms with van der Waals surface area (Å²) in [5.41, 5.74) is 1.78. The number of carbonyl (C=O) groups is 1. The molecule has 2 rings (SSSR count). The smallest absolute Gasteiger partial charge is 0.304 e. The van der Waals surface area contributed by atoms with E-state index in [4.69, 9.17) is 10.4 Å². The zero-order valence-electron chi connectivity index (χ0n) is 11.3. The predicted octanol–water partition coefficient (Wildman–Crippen LogP) is 1.47. The molecule has 104 valence electrons. The van der Waals surface area contributed by atoms with Crippen LogP contribution < -0.4 is 0 Å². The van der Waals surface area contributed by atoms with E-state index in [9.17, 15) is 4.79 Å². The van der Waals surface area contributed by atoms with Gasteiger partial charge in [-0.15, -0.1) is 0 Å².